The molecule has 0 heterocycles. The minimum Gasteiger partial charge on any atom is -0.497 e. The molecule has 0 spiro atoms. The van der Waals surface area contributed by atoms with Crippen LogP contribution in [0.15, 0.2) is 78.9 Å². The first-order valence-electron chi connectivity index (χ1n) is 8.28. The highest BCUT2D eigenvalue weighted by molar-refractivity contribution is 6.30. The van der Waals surface area contributed by atoms with Crippen LogP contribution in [0.2, 0.25) is 5.02 Å². The van der Waals surface area contributed by atoms with Gasteiger partial charge in [-0.3, -0.25) is 4.79 Å². The molecule has 0 aromatic heterocycles. The number of hydrogen-bond acceptors (Lipinski definition) is 4. The largest absolute Gasteiger partial charge is 0.497 e. The topological polar surface area (TPSA) is 52.6 Å². The van der Waals surface area contributed by atoms with Crippen molar-refractivity contribution in [3.05, 3.63) is 101 Å². The highest BCUT2D eigenvalue weighted by atomic mass is 35.5. The van der Waals surface area contributed by atoms with Gasteiger partial charge in [-0.25, -0.2) is 4.79 Å². The Kier molecular flexibility index (Phi) is 5.89. The molecule has 1 atom stereocenters. The molecular weight excluding hydrogens is 364 g/mol. The summed E-state index contributed by atoms with van der Waals surface area (Å²) in [5.74, 6) is -0.275. The molecule has 0 radical (unpaired) electrons. The molecule has 0 aliphatic rings. The summed E-state index contributed by atoms with van der Waals surface area (Å²) < 4.78 is 10.7. The second-order valence-electron chi connectivity index (χ2n) is 5.80. The molecule has 3 rings (SSSR count). The van der Waals surface area contributed by atoms with Gasteiger partial charge < -0.3 is 9.47 Å². The van der Waals surface area contributed by atoms with Gasteiger partial charge in [0.25, 0.3) is 0 Å². The average Bonchev–Trinajstić information content (AvgIpc) is 2.73. The molecule has 0 N–H and O–H groups in total. The minimum absolute atomic E-state index is 0.306. The number of carbonyl (C=O) groups excluding carboxylic acids is 2. The van der Waals surface area contributed by atoms with Crippen molar-refractivity contribution in [2.45, 2.75) is 6.10 Å². The number of carbonyl (C=O) groups is 2. The van der Waals surface area contributed by atoms with Crippen LogP contribution in [0.25, 0.3) is 0 Å². The van der Waals surface area contributed by atoms with Crippen LogP contribution in [0, 0.1) is 0 Å². The molecule has 0 saturated carbocycles. The van der Waals surface area contributed by atoms with Crippen molar-refractivity contribution < 1.29 is 19.1 Å². The van der Waals surface area contributed by atoms with E-state index in [-0.39, 0.29) is 5.78 Å². The lowest BCUT2D eigenvalue weighted by atomic mass is 9.99. The zero-order valence-corrected chi connectivity index (χ0v) is 15.3. The van der Waals surface area contributed by atoms with E-state index in [1.807, 2.05) is 6.07 Å². The maximum Gasteiger partial charge on any atom is 0.339 e. The van der Waals surface area contributed by atoms with Gasteiger partial charge in [-0.1, -0.05) is 54.1 Å². The van der Waals surface area contributed by atoms with Gasteiger partial charge in [-0.2, -0.15) is 0 Å². The van der Waals surface area contributed by atoms with Crippen molar-refractivity contribution in [2.75, 3.05) is 7.11 Å². The third-order valence-corrected chi connectivity index (χ3v) is 4.27. The van der Waals surface area contributed by atoms with Crippen LogP contribution in [0.4, 0.5) is 0 Å². The van der Waals surface area contributed by atoms with Crippen LogP contribution in [0.1, 0.15) is 32.4 Å². The third kappa shape index (κ3) is 4.54. The normalized spacial score (nSPS) is 11.5. The number of halogens is 1. The Balaban J connectivity index is 1.90. The highest BCUT2D eigenvalue weighted by Gasteiger charge is 2.26. The molecule has 5 heteroatoms. The first kappa shape index (κ1) is 18.7. The zero-order valence-electron chi connectivity index (χ0n) is 14.6. The second kappa shape index (κ2) is 8.52. The fourth-order valence-electron chi connectivity index (χ4n) is 2.57. The minimum atomic E-state index is -1.07. The Labute approximate surface area is 162 Å². The van der Waals surface area contributed by atoms with Crippen LogP contribution in [0.5, 0.6) is 5.75 Å². The molecule has 3 aromatic rings. The quantitative estimate of drug-likeness (QED) is 0.439. The molecule has 27 heavy (non-hydrogen) atoms. The number of hydrogen-bond donors (Lipinski definition) is 0. The van der Waals surface area contributed by atoms with Crippen molar-refractivity contribution in [1.29, 1.82) is 0 Å². The fourth-order valence-corrected chi connectivity index (χ4v) is 2.69. The number of methoxy groups -OCH3 is 1. The smallest absolute Gasteiger partial charge is 0.339 e. The Morgan fingerprint density at radius 2 is 1.44 bits per heavy atom. The molecule has 3 aromatic carbocycles. The van der Waals surface area contributed by atoms with Crippen LogP contribution in [-0.4, -0.2) is 18.9 Å². The lowest BCUT2D eigenvalue weighted by molar-refractivity contribution is 0.0280. The maximum absolute atomic E-state index is 13.0. The summed E-state index contributed by atoms with van der Waals surface area (Å²) in [5, 5.41) is 0.533. The zero-order chi connectivity index (χ0) is 19.2. The standard InChI is InChI=1S/C22H17ClO4/c1-26-19-13-9-17(10-14-19)22(25)27-21(16-7-11-18(23)12-8-16)20(24)15-5-3-2-4-6-15/h2-14,21H,1H3/t21-/m1/s1. The maximum atomic E-state index is 13.0. The van der Waals surface area contributed by atoms with Crippen LogP contribution in [0.3, 0.4) is 0 Å². The molecule has 0 amide bonds. The van der Waals surface area contributed by atoms with Crippen LogP contribution >= 0.6 is 11.6 Å². The summed E-state index contributed by atoms with van der Waals surface area (Å²) in [7, 11) is 1.54. The van der Waals surface area contributed by atoms with Crippen molar-refractivity contribution in [2.24, 2.45) is 0 Å². The van der Waals surface area contributed by atoms with Gasteiger partial charge >= 0.3 is 5.97 Å². The van der Waals surface area contributed by atoms with E-state index < -0.39 is 12.1 Å². The summed E-state index contributed by atoms with van der Waals surface area (Å²) in [6.45, 7) is 0. The van der Waals surface area contributed by atoms with Gasteiger partial charge in [-0.05, 0) is 36.4 Å². The lowest BCUT2D eigenvalue weighted by Crippen LogP contribution is -2.20. The summed E-state index contributed by atoms with van der Waals surface area (Å²) in [6, 6.07) is 21.9. The Bertz CT molecular complexity index is 919. The van der Waals surface area contributed by atoms with Gasteiger partial charge in [-0.15, -0.1) is 0 Å². The first-order chi connectivity index (χ1) is 13.1. The monoisotopic (exact) mass is 380 g/mol. The molecule has 0 saturated heterocycles. The number of ketones is 1. The number of benzene rings is 3. The molecule has 0 aliphatic heterocycles. The molecule has 0 fully saturated rings. The molecule has 4 nitrogen and oxygen atoms in total. The SMILES string of the molecule is COc1ccc(C(=O)O[C@@H](C(=O)c2ccccc2)c2ccc(Cl)cc2)cc1. The molecule has 136 valence electrons. The van der Waals surface area contributed by atoms with Crippen LogP contribution in [-0.2, 0) is 4.74 Å². The van der Waals surface area contributed by atoms with Crippen molar-refractivity contribution in [3.8, 4) is 5.75 Å². The van der Waals surface area contributed by atoms with Gasteiger partial charge in [0.2, 0.25) is 5.78 Å². The van der Waals surface area contributed by atoms with Crippen LogP contribution < -0.4 is 4.74 Å². The lowest BCUT2D eigenvalue weighted by Gasteiger charge is -2.18. The van der Waals surface area contributed by atoms with E-state index >= 15 is 0 Å². The van der Waals surface area contributed by atoms with E-state index in [2.05, 4.69) is 0 Å². The van der Waals surface area contributed by atoms with Crippen molar-refractivity contribution in [3.63, 3.8) is 0 Å². The van der Waals surface area contributed by atoms with E-state index in [4.69, 9.17) is 21.1 Å². The van der Waals surface area contributed by atoms with Gasteiger partial charge in [0.15, 0.2) is 6.10 Å². The Morgan fingerprint density at radius 1 is 0.815 bits per heavy atom. The van der Waals surface area contributed by atoms with Crippen molar-refractivity contribution >= 4 is 23.4 Å². The van der Waals surface area contributed by atoms with Gasteiger partial charge in [0.05, 0.1) is 12.7 Å². The van der Waals surface area contributed by atoms with Crippen molar-refractivity contribution in [1.82, 2.24) is 0 Å². The molecule has 0 unspecified atom stereocenters. The predicted octanol–water partition coefficient (Wildman–Crippen LogP) is 5.13. The number of esters is 1. The highest BCUT2D eigenvalue weighted by Crippen LogP contribution is 2.26. The molecule has 0 bridgehead atoms. The Hall–Kier alpha value is -3.11. The summed E-state index contributed by atoms with van der Waals surface area (Å²) >= 11 is 5.94. The summed E-state index contributed by atoms with van der Waals surface area (Å²) in [4.78, 5) is 25.6. The third-order valence-electron chi connectivity index (χ3n) is 4.02. The number of rotatable bonds is 6. The number of ether oxygens (including phenoxy) is 2. The molecule has 0 aliphatic carbocycles. The Morgan fingerprint density at radius 3 is 2.04 bits per heavy atom. The summed E-state index contributed by atoms with van der Waals surface area (Å²) in [5.41, 5.74) is 1.34. The number of Topliss-reactive ketones (excluding diaryl/α,β-unsaturated/α-hetero) is 1. The second-order valence-corrected chi connectivity index (χ2v) is 6.23. The van der Waals surface area contributed by atoms with E-state index in [1.54, 1.807) is 79.9 Å². The average molecular weight is 381 g/mol. The van der Waals surface area contributed by atoms with E-state index in [9.17, 15) is 9.59 Å². The van der Waals surface area contributed by atoms with E-state index in [1.165, 1.54) is 0 Å². The van der Waals surface area contributed by atoms with E-state index in [0.29, 0.717) is 27.5 Å². The summed E-state index contributed by atoms with van der Waals surface area (Å²) in [6.07, 6.45) is -1.07. The molecular formula is C22H17ClO4. The predicted molar refractivity (Wildman–Crippen MR) is 103 cm³/mol. The van der Waals surface area contributed by atoms with E-state index in [0.717, 1.165) is 0 Å². The first-order valence-corrected chi connectivity index (χ1v) is 8.66. The van der Waals surface area contributed by atoms with Gasteiger partial charge in [0.1, 0.15) is 5.75 Å². The van der Waals surface area contributed by atoms with Gasteiger partial charge in [0, 0.05) is 16.1 Å². The fraction of sp³-hybridized carbons (Fsp3) is 0.0909.